The van der Waals surface area contributed by atoms with E-state index in [9.17, 15) is 19.5 Å². The van der Waals surface area contributed by atoms with Crippen molar-refractivity contribution in [1.82, 2.24) is 0 Å². The number of hydrogen-bond acceptors (Lipinski definition) is 11. The minimum absolute atomic E-state index is 0.0481. The molecule has 11 nitrogen and oxygen atoms in total. The maximum Gasteiger partial charge on any atom is 0.338 e. The van der Waals surface area contributed by atoms with E-state index in [1.807, 2.05) is 6.92 Å². The second-order valence-electron chi connectivity index (χ2n) is 15.9. The van der Waals surface area contributed by atoms with Gasteiger partial charge < -0.3 is 33.1 Å². The summed E-state index contributed by atoms with van der Waals surface area (Å²) in [6.45, 7) is 5.36. The van der Waals surface area contributed by atoms with E-state index in [1.165, 1.54) is 13.8 Å². The molecule has 0 aromatic heterocycles. The van der Waals surface area contributed by atoms with Crippen molar-refractivity contribution in [3.05, 3.63) is 47.0 Å². The number of hydrogen-bond donors (Lipinski definition) is 1. The van der Waals surface area contributed by atoms with Crippen LogP contribution in [-0.2, 0) is 42.4 Å². The molecule has 1 aromatic carbocycles. The lowest BCUT2D eigenvalue weighted by Gasteiger charge is -2.68. The third-order valence-electron chi connectivity index (χ3n) is 12.0. The van der Waals surface area contributed by atoms with Crippen molar-refractivity contribution in [2.24, 2.45) is 16.7 Å². The van der Waals surface area contributed by atoms with E-state index < -0.39 is 146 Å². The molecule has 1 saturated heterocycles. The van der Waals surface area contributed by atoms with Crippen LogP contribution < -0.4 is 0 Å². The molecule has 22 atom stereocenters. The minimum atomic E-state index is -2.02. The van der Waals surface area contributed by atoms with Gasteiger partial charge in [0.1, 0.15) is 17.8 Å². The Morgan fingerprint density at radius 1 is 0.790 bits per heavy atom. The Hall–Kier alpha value is 5.48. The predicted molar refractivity (Wildman–Crippen MR) is 312 cm³/mol. The molecule has 3 aliphatic carbocycles. The molecular weight excluding hydrogens is 1170 g/mol. The molecule has 13 unspecified atom stereocenters. The number of carbonyl (C=O) groups is 4. The number of rotatable bonds is 15. The number of ether oxygens (including phenoxy) is 4. The highest BCUT2D eigenvalue weighted by molar-refractivity contribution is 9.24. The summed E-state index contributed by atoms with van der Waals surface area (Å²) in [5, 5.41) is 14.2. The first kappa shape index (κ1) is 58.4. The summed E-state index contributed by atoms with van der Waals surface area (Å²) < 4.78 is 40.1. The molecule has 1 aromatic rings. The fourth-order valence-corrected chi connectivity index (χ4v) is 172. The van der Waals surface area contributed by atoms with Gasteiger partial charge in [0.15, 0.2) is 17.5 Å². The smallest absolute Gasteiger partial charge is 0.338 e. The summed E-state index contributed by atoms with van der Waals surface area (Å²) in [4.78, 5) is 57.7. The number of carbonyl (C=O) groups excluding carboxylic acids is 4. The fraction of sp³-hybridized carbons (Fsp3) is 0.613. The number of benzene rings is 1. The molecule has 0 radical (unpaired) electrons. The Kier molecular flexibility index (Phi) is 22.4. The molecular formula is C31H58O11P20. The van der Waals surface area contributed by atoms with Gasteiger partial charge in [-0.05, 0) is 79.1 Å². The van der Waals surface area contributed by atoms with Crippen molar-refractivity contribution in [2.45, 2.75) is 96.1 Å². The van der Waals surface area contributed by atoms with Gasteiger partial charge in [-0.1, -0.05) is 41.0 Å². The van der Waals surface area contributed by atoms with Gasteiger partial charge in [-0.15, -0.1) is 89.3 Å². The summed E-state index contributed by atoms with van der Waals surface area (Å²) >= 11 is 0. The molecule has 62 heavy (non-hydrogen) atoms. The van der Waals surface area contributed by atoms with Gasteiger partial charge in [0.2, 0.25) is 0 Å². The summed E-state index contributed by atoms with van der Waals surface area (Å²) in [6.07, 6.45) is -5.38. The number of Topliss-reactive ketones (excluding diaryl/α,β-unsaturated/α-hetero) is 1. The summed E-state index contributed by atoms with van der Waals surface area (Å²) in [5.74, 6) is -3.78. The van der Waals surface area contributed by atoms with Crippen molar-refractivity contribution >= 4 is 186 Å². The zero-order valence-corrected chi connectivity index (χ0v) is 55.6. The van der Waals surface area contributed by atoms with E-state index in [0.29, 0.717) is 11.1 Å². The number of ketones is 1. The Balaban J connectivity index is 1.87. The van der Waals surface area contributed by atoms with Crippen LogP contribution in [0.15, 0.2) is 41.5 Å². The van der Waals surface area contributed by atoms with Gasteiger partial charge >= 0.3 is 17.9 Å². The van der Waals surface area contributed by atoms with Crippen molar-refractivity contribution in [1.29, 1.82) is 0 Å². The number of esters is 3. The molecule has 3 fully saturated rings. The average Bonchev–Trinajstić information content (AvgIpc) is 3.15. The topological polar surface area (TPSA) is 144 Å². The van der Waals surface area contributed by atoms with E-state index in [0.717, 1.165) is 0 Å². The molecule has 1 N–H and O–H groups in total. The van der Waals surface area contributed by atoms with E-state index in [-0.39, 0.29) is 25.0 Å². The van der Waals surface area contributed by atoms with E-state index in [2.05, 4.69) is 98.2 Å². The van der Waals surface area contributed by atoms with Crippen LogP contribution in [0.4, 0.5) is 0 Å². The number of fused-ring (bicyclic) bond motifs is 5. The molecule has 31 heteroatoms. The Labute approximate surface area is 401 Å². The maximum absolute atomic E-state index is 16.3. The van der Waals surface area contributed by atoms with Gasteiger partial charge in [-0.25, -0.2) is 4.79 Å². The minimum Gasteiger partial charge on any atom is -0.455 e. The van der Waals surface area contributed by atoms with Crippen LogP contribution in [0.5, 0.6) is 0 Å². The zero-order valence-electron chi connectivity index (χ0n) is 34.9. The first-order valence-electron chi connectivity index (χ1n) is 18.7. The molecule has 2 bridgehead atoms. The zero-order chi connectivity index (χ0) is 46.6. The highest BCUT2D eigenvalue weighted by Gasteiger charge is 2.79. The first-order chi connectivity index (χ1) is 28.7. The molecule has 4 aliphatic rings. The lowest BCUT2D eigenvalue weighted by Crippen LogP contribution is -2.82. The van der Waals surface area contributed by atoms with Crippen LogP contribution in [0.2, 0.25) is 0 Å². The quantitative estimate of drug-likeness (QED) is 0.0775. The third kappa shape index (κ3) is 11.7. The van der Waals surface area contributed by atoms with Gasteiger partial charge in [-0.2, -0.15) is 0 Å². The van der Waals surface area contributed by atoms with Crippen LogP contribution in [0, 0.1) is 16.7 Å². The maximum atomic E-state index is 16.3. The van der Waals surface area contributed by atoms with Gasteiger partial charge in [0.05, 0.1) is 50.8 Å². The van der Waals surface area contributed by atoms with Gasteiger partial charge in [0.25, 0.3) is 0 Å². The van der Waals surface area contributed by atoms with E-state index in [1.54, 1.807) is 51.1 Å². The highest BCUT2D eigenvalue weighted by Crippen LogP contribution is 3.21. The molecule has 1 heterocycles. The molecule has 0 spiro atoms. The van der Waals surface area contributed by atoms with Crippen molar-refractivity contribution < 1.29 is 52.3 Å². The van der Waals surface area contributed by atoms with Crippen LogP contribution in [0.1, 0.15) is 64.7 Å². The van der Waals surface area contributed by atoms with Crippen LogP contribution in [0.25, 0.3) is 0 Å². The average molecular weight is 1230 g/mol. The first-order valence-corrected chi connectivity index (χ1v) is 53.3. The summed E-state index contributed by atoms with van der Waals surface area (Å²) in [5.41, 5.74) is -5.36. The molecule has 2 saturated carbocycles. The monoisotopic (exact) mass is 1230 g/mol. The molecule has 1 aliphatic heterocycles. The van der Waals surface area contributed by atoms with E-state index in [4.69, 9.17) is 28.0 Å². The molecule has 5 rings (SSSR count). The second-order valence-corrected chi connectivity index (χ2v) is 87.8. The van der Waals surface area contributed by atoms with Crippen LogP contribution in [-0.4, -0.2) is 77.1 Å². The normalized spacial score (nSPS) is 33.0. The van der Waals surface area contributed by atoms with Gasteiger partial charge in [-0.3, -0.25) is 14.4 Å². The number of aliphatic hydroxyl groups is 1. The van der Waals surface area contributed by atoms with Crippen molar-refractivity contribution in [2.75, 3.05) is 6.61 Å². The third-order valence-corrected chi connectivity index (χ3v) is 108. The second kappa shape index (κ2) is 23.8. The fourth-order valence-electron chi connectivity index (χ4n) is 9.23. The Morgan fingerprint density at radius 2 is 1.35 bits per heavy atom. The predicted octanol–water partition coefficient (Wildman–Crippen LogP) is 14.0. The van der Waals surface area contributed by atoms with Crippen molar-refractivity contribution in [3.63, 3.8) is 0 Å². The lowest BCUT2D eigenvalue weighted by atomic mass is 9.44. The van der Waals surface area contributed by atoms with Crippen LogP contribution >= 0.6 is 162 Å². The largest absolute Gasteiger partial charge is 0.455 e. The van der Waals surface area contributed by atoms with Crippen LogP contribution in [0.3, 0.4) is 0 Å². The van der Waals surface area contributed by atoms with Crippen molar-refractivity contribution in [3.8, 4) is 0 Å². The Bertz CT molecular complexity index is 1860. The highest BCUT2D eigenvalue weighted by atomic mass is 33.3. The van der Waals surface area contributed by atoms with E-state index >= 15 is 4.79 Å². The lowest BCUT2D eigenvalue weighted by molar-refractivity contribution is -0.343. The molecule has 348 valence electrons. The molecule has 0 amide bonds. The summed E-state index contributed by atoms with van der Waals surface area (Å²) in [7, 11) is 30.2. The summed E-state index contributed by atoms with van der Waals surface area (Å²) in [6, 6.07) is 8.50. The Morgan fingerprint density at radius 3 is 1.82 bits per heavy atom. The van der Waals surface area contributed by atoms with Gasteiger partial charge in [0, 0.05) is 39.1 Å². The SMILES string of the molecule is CC(=O)O[C@H]1C(=O)[C@]2(C)[C@@H](OP(P(P)P)P(P)P)C[C@H]3OC[C@@]3(OC(C)=O)[C@H]2[C@H](OC(=O)c2ccccc2)[C@]2(O)C[C@H](OP(P)P(P(P)P)P(P(P)P)P(P)P)C(C)=C1C2(C)C. The standard InChI is InChI=1S/C31H58O11P20/c1-15-19(41-54(43)61(58(48)49)62(59(50)51)60(52)53)13-31(36)26(39-27(35)18-10-8-7-9-11-18)24-29(6,25(34)23(38-16(2)32)22(15)28(31,4)5)20(42-55(56(44)45)57(46)47)12-21-30(24,14-37-21)40-17(3)33/h7-11,19-21,23-24,26,36H,12-14,43-53H2,1-6H3/t19-,20-,21+,23+,24-,26-,29+,30-,31+,54?,61?/m0/s1.